The van der Waals surface area contributed by atoms with E-state index < -0.39 is 0 Å². The molecule has 2 saturated heterocycles. The first-order chi connectivity index (χ1) is 12.2. The van der Waals surface area contributed by atoms with Crippen molar-refractivity contribution in [3.05, 3.63) is 0 Å². The Labute approximate surface area is 173 Å². The third-order valence-corrected chi connectivity index (χ3v) is 4.53. The molecule has 2 rings (SSSR count). The molecule has 2 aliphatic heterocycles. The first-order valence-corrected chi connectivity index (χ1v) is 9.17. The minimum absolute atomic E-state index is 0. The molecule has 1 unspecified atom stereocenters. The van der Waals surface area contributed by atoms with Crippen molar-refractivity contribution >= 4 is 35.8 Å². The van der Waals surface area contributed by atoms with Crippen LogP contribution in [0.2, 0.25) is 0 Å². The second kappa shape index (κ2) is 13.5. The lowest BCUT2D eigenvalue weighted by atomic mass is 10.1. The summed E-state index contributed by atoms with van der Waals surface area (Å²) in [6.45, 7) is 4.57. The Balaban J connectivity index is 0.00000338. The van der Waals surface area contributed by atoms with Crippen molar-refractivity contribution in [1.82, 2.24) is 15.5 Å². The molecule has 2 fully saturated rings. The molecule has 0 aromatic rings. The van der Waals surface area contributed by atoms with Crippen LogP contribution in [0, 0.1) is 0 Å². The zero-order valence-electron chi connectivity index (χ0n) is 15.9. The summed E-state index contributed by atoms with van der Waals surface area (Å²) in [5.41, 5.74) is 0. The number of carbonyl (C=O) groups is 1. The molecular formula is C17H33IN4O4. The van der Waals surface area contributed by atoms with Gasteiger partial charge in [-0.25, -0.2) is 0 Å². The number of nitrogens with one attached hydrogen (secondary N) is 2. The van der Waals surface area contributed by atoms with Crippen LogP contribution < -0.4 is 10.6 Å². The summed E-state index contributed by atoms with van der Waals surface area (Å²) in [5.74, 6) is 0.701. The van der Waals surface area contributed by atoms with Crippen LogP contribution in [0.5, 0.6) is 0 Å². The topological polar surface area (TPSA) is 84.4 Å². The number of ether oxygens (including phenoxy) is 3. The quantitative estimate of drug-likeness (QED) is 0.227. The minimum Gasteiger partial charge on any atom is -0.383 e. The summed E-state index contributed by atoms with van der Waals surface area (Å²) >= 11 is 0. The van der Waals surface area contributed by atoms with Gasteiger partial charge in [0, 0.05) is 40.4 Å². The summed E-state index contributed by atoms with van der Waals surface area (Å²) in [6, 6.07) is 0. The molecular weight excluding hydrogens is 451 g/mol. The average Bonchev–Trinajstić information content (AvgIpc) is 3.15. The maximum atomic E-state index is 11.7. The number of halogens is 1. The van der Waals surface area contributed by atoms with E-state index in [-0.39, 0.29) is 48.6 Å². The van der Waals surface area contributed by atoms with E-state index >= 15 is 0 Å². The summed E-state index contributed by atoms with van der Waals surface area (Å²) in [7, 11) is 3.35. The van der Waals surface area contributed by atoms with E-state index in [4.69, 9.17) is 14.2 Å². The highest BCUT2D eigenvalue weighted by atomic mass is 127. The number of amides is 1. The molecule has 0 bridgehead atoms. The van der Waals surface area contributed by atoms with Crippen molar-refractivity contribution in [2.24, 2.45) is 4.99 Å². The molecule has 0 saturated carbocycles. The summed E-state index contributed by atoms with van der Waals surface area (Å²) in [6.07, 6.45) is 4.76. The third-order valence-electron chi connectivity index (χ3n) is 4.53. The Morgan fingerprint density at radius 3 is 2.65 bits per heavy atom. The number of likely N-dealkylation sites (tertiary alicyclic amines) is 1. The predicted octanol–water partition coefficient (Wildman–Crippen LogP) is 0.602. The van der Waals surface area contributed by atoms with Crippen molar-refractivity contribution in [3.63, 3.8) is 0 Å². The Bertz CT molecular complexity index is 425. The molecule has 0 radical (unpaired) electrons. The minimum atomic E-state index is -0.0621. The lowest BCUT2D eigenvalue weighted by molar-refractivity contribution is -0.120. The van der Waals surface area contributed by atoms with E-state index in [1.807, 2.05) is 0 Å². The van der Waals surface area contributed by atoms with Gasteiger partial charge >= 0.3 is 0 Å². The van der Waals surface area contributed by atoms with Gasteiger partial charge in [0.25, 0.3) is 0 Å². The summed E-state index contributed by atoms with van der Waals surface area (Å²) in [5, 5.41) is 5.90. The number of nitrogens with zero attached hydrogens (tertiary/aromatic N) is 2. The van der Waals surface area contributed by atoms with Gasteiger partial charge < -0.3 is 29.7 Å². The molecule has 0 spiro atoms. The molecule has 0 aromatic heterocycles. The fraction of sp³-hybridized carbons (Fsp3) is 0.882. The largest absolute Gasteiger partial charge is 0.383 e. The van der Waals surface area contributed by atoms with Crippen LogP contribution in [0.1, 0.15) is 25.7 Å². The fourth-order valence-corrected chi connectivity index (χ4v) is 3.10. The van der Waals surface area contributed by atoms with Crippen molar-refractivity contribution < 1.29 is 19.0 Å². The van der Waals surface area contributed by atoms with E-state index in [0.717, 1.165) is 51.3 Å². The van der Waals surface area contributed by atoms with Gasteiger partial charge in [-0.2, -0.15) is 0 Å². The van der Waals surface area contributed by atoms with Gasteiger partial charge in [-0.3, -0.25) is 9.79 Å². The lowest BCUT2D eigenvalue weighted by Crippen LogP contribution is -2.49. The van der Waals surface area contributed by atoms with Crippen molar-refractivity contribution in [2.75, 3.05) is 60.2 Å². The first-order valence-electron chi connectivity index (χ1n) is 9.17. The van der Waals surface area contributed by atoms with E-state index in [2.05, 4.69) is 20.5 Å². The van der Waals surface area contributed by atoms with Gasteiger partial charge in [-0.1, -0.05) is 0 Å². The Morgan fingerprint density at radius 2 is 2.04 bits per heavy atom. The van der Waals surface area contributed by atoms with Gasteiger partial charge in [-0.15, -0.1) is 24.0 Å². The smallest absolute Gasteiger partial charge is 0.239 e. The van der Waals surface area contributed by atoms with Crippen molar-refractivity contribution in [1.29, 1.82) is 0 Å². The van der Waals surface area contributed by atoms with Crippen LogP contribution in [-0.4, -0.2) is 89.1 Å². The number of rotatable bonds is 8. The molecule has 26 heavy (non-hydrogen) atoms. The molecule has 2 heterocycles. The second-order valence-corrected chi connectivity index (χ2v) is 6.40. The van der Waals surface area contributed by atoms with Crippen LogP contribution in [0.25, 0.3) is 0 Å². The van der Waals surface area contributed by atoms with Crippen LogP contribution in [0.15, 0.2) is 4.99 Å². The SMILES string of the molecule is CN=C(NCC(=O)NCCOC)N1CCC(OCC2CCCO2)CC1.I. The summed E-state index contributed by atoms with van der Waals surface area (Å²) < 4.78 is 16.5. The van der Waals surface area contributed by atoms with E-state index in [0.29, 0.717) is 19.8 Å². The van der Waals surface area contributed by atoms with Gasteiger partial charge in [0.05, 0.1) is 32.0 Å². The second-order valence-electron chi connectivity index (χ2n) is 6.40. The molecule has 1 amide bonds. The van der Waals surface area contributed by atoms with E-state index in [9.17, 15) is 4.79 Å². The van der Waals surface area contributed by atoms with Gasteiger partial charge in [-0.05, 0) is 25.7 Å². The maximum Gasteiger partial charge on any atom is 0.239 e. The van der Waals surface area contributed by atoms with Crippen molar-refractivity contribution in [2.45, 2.75) is 37.9 Å². The number of aliphatic imine (C=N–C) groups is 1. The number of piperidine rings is 1. The van der Waals surface area contributed by atoms with Crippen LogP contribution in [0.4, 0.5) is 0 Å². The molecule has 0 aliphatic carbocycles. The number of carbonyl (C=O) groups excluding carboxylic acids is 1. The van der Waals surface area contributed by atoms with E-state index in [1.165, 1.54) is 0 Å². The molecule has 2 aliphatic rings. The maximum absolute atomic E-state index is 11.7. The molecule has 9 heteroatoms. The lowest BCUT2D eigenvalue weighted by Gasteiger charge is -2.34. The third kappa shape index (κ3) is 8.36. The normalized spacial score (nSPS) is 21.4. The van der Waals surface area contributed by atoms with Gasteiger partial charge in [0.15, 0.2) is 5.96 Å². The summed E-state index contributed by atoms with van der Waals surface area (Å²) in [4.78, 5) is 18.2. The van der Waals surface area contributed by atoms with Gasteiger partial charge in [0.1, 0.15) is 0 Å². The molecule has 152 valence electrons. The molecule has 0 aromatic carbocycles. The zero-order valence-corrected chi connectivity index (χ0v) is 18.2. The Morgan fingerprint density at radius 1 is 1.27 bits per heavy atom. The zero-order chi connectivity index (χ0) is 17.9. The highest BCUT2D eigenvalue weighted by Crippen LogP contribution is 2.17. The highest BCUT2D eigenvalue weighted by molar-refractivity contribution is 14.0. The number of hydrogen-bond donors (Lipinski definition) is 2. The van der Waals surface area contributed by atoms with E-state index in [1.54, 1.807) is 14.2 Å². The predicted molar refractivity (Wildman–Crippen MR) is 111 cm³/mol. The molecule has 2 N–H and O–H groups in total. The highest BCUT2D eigenvalue weighted by Gasteiger charge is 2.24. The standard InChI is InChI=1S/C17H32N4O4.HI/c1-18-17(20-12-16(22)19-7-11-23-2)21-8-5-14(6-9-21)25-13-15-4-3-10-24-15;/h14-15H,3-13H2,1-2H3,(H,18,20)(H,19,22);1H. The fourth-order valence-electron chi connectivity index (χ4n) is 3.10. The number of methoxy groups -OCH3 is 1. The van der Waals surface area contributed by atoms with Crippen LogP contribution >= 0.6 is 24.0 Å². The Hall–Kier alpha value is -0.650. The average molecular weight is 484 g/mol. The number of guanidine groups is 1. The monoisotopic (exact) mass is 484 g/mol. The first kappa shape index (κ1) is 23.4. The van der Waals surface area contributed by atoms with Crippen molar-refractivity contribution in [3.8, 4) is 0 Å². The van der Waals surface area contributed by atoms with Gasteiger partial charge in [0.2, 0.25) is 5.91 Å². The van der Waals surface area contributed by atoms with Crippen LogP contribution in [-0.2, 0) is 19.0 Å². The number of hydrogen-bond acceptors (Lipinski definition) is 5. The molecule has 8 nitrogen and oxygen atoms in total. The Kier molecular flexibility index (Phi) is 12.2. The molecule has 1 atom stereocenters. The van der Waals surface area contributed by atoms with Crippen LogP contribution in [0.3, 0.4) is 0 Å².